The van der Waals surface area contributed by atoms with E-state index in [1.165, 1.54) is 6.08 Å². The van der Waals surface area contributed by atoms with E-state index in [9.17, 15) is 4.79 Å². The monoisotopic (exact) mass is 446 g/mol. The van der Waals surface area contributed by atoms with Crippen LogP contribution in [0.2, 0.25) is 15.1 Å². The van der Waals surface area contributed by atoms with Crippen LogP contribution in [0.25, 0.3) is 6.08 Å². The number of rotatable bonds is 7. The Kier molecular flexibility index (Phi) is 7.59. The number of ether oxygens (including phenoxy) is 2. The van der Waals surface area contributed by atoms with E-state index in [1.54, 1.807) is 42.5 Å². The molecule has 0 radical (unpaired) electrons. The Morgan fingerprint density at radius 1 is 0.793 bits per heavy atom. The van der Waals surface area contributed by atoms with Crippen LogP contribution in [0.1, 0.15) is 16.7 Å². The molecule has 0 saturated heterocycles. The summed E-state index contributed by atoms with van der Waals surface area (Å²) < 4.78 is 10.9. The van der Waals surface area contributed by atoms with Gasteiger partial charge in [0.1, 0.15) is 19.0 Å². The van der Waals surface area contributed by atoms with Crippen LogP contribution in [-0.2, 0) is 22.7 Å². The molecule has 0 aliphatic carbocycles. The molecule has 6 heteroatoms. The van der Waals surface area contributed by atoms with Crippen LogP contribution in [0.15, 0.2) is 72.8 Å². The zero-order valence-corrected chi connectivity index (χ0v) is 17.5. The maximum absolute atomic E-state index is 11.9. The lowest BCUT2D eigenvalue weighted by molar-refractivity contribution is -0.138. The third-order valence-corrected chi connectivity index (χ3v) is 5.14. The van der Waals surface area contributed by atoms with Gasteiger partial charge in [-0.1, -0.05) is 71.2 Å². The van der Waals surface area contributed by atoms with Gasteiger partial charge in [0.25, 0.3) is 0 Å². The molecule has 29 heavy (non-hydrogen) atoms. The van der Waals surface area contributed by atoms with Gasteiger partial charge >= 0.3 is 5.97 Å². The Morgan fingerprint density at radius 2 is 1.45 bits per heavy atom. The van der Waals surface area contributed by atoms with E-state index in [4.69, 9.17) is 44.3 Å². The van der Waals surface area contributed by atoms with Crippen molar-refractivity contribution in [1.29, 1.82) is 0 Å². The van der Waals surface area contributed by atoms with Crippen molar-refractivity contribution < 1.29 is 14.3 Å². The van der Waals surface area contributed by atoms with E-state index in [1.807, 2.05) is 30.3 Å². The van der Waals surface area contributed by atoms with Crippen LogP contribution in [0.4, 0.5) is 0 Å². The predicted molar refractivity (Wildman–Crippen MR) is 118 cm³/mol. The van der Waals surface area contributed by atoms with Gasteiger partial charge in [-0.3, -0.25) is 0 Å². The highest BCUT2D eigenvalue weighted by atomic mass is 35.5. The first-order valence-electron chi connectivity index (χ1n) is 8.77. The average molecular weight is 448 g/mol. The lowest BCUT2D eigenvalue weighted by Crippen LogP contribution is -2.01. The zero-order chi connectivity index (χ0) is 20.6. The maximum Gasteiger partial charge on any atom is 0.331 e. The number of hydrogen-bond acceptors (Lipinski definition) is 3. The minimum Gasteiger partial charge on any atom is -0.489 e. The molecule has 3 aromatic carbocycles. The Hall–Kier alpha value is -2.46. The van der Waals surface area contributed by atoms with Crippen LogP contribution >= 0.6 is 34.8 Å². The fourth-order valence-electron chi connectivity index (χ4n) is 2.48. The molecule has 148 valence electrons. The van der Waals surface area contributed by atoms with Gasteiger partial charge in [-0.25, -0.2) is 4.79 Å². The normalized spacial score (nSPS) is 10.9. The minimum atomic E-state index is -0.446. The highest BCUT2D eigenvalue weighted by Gasteiger charge is 2.06. The third kappa shape index (κ3) is 6.26. The molecule has 0 unspecified atom stereocenters. The molecule has 0 atom stereocenters. The quantitative estimate of drug-likeness (QED) is 0.289. The van der Waals surface area contributed by atoms with Gasteiger partial charge in [-0.15, -0.1) is 0 Å². The summed E-state index contributed by atoms with van der Waals surface area (Å²) >= 11 is 18.3. The summed E-state index contributed by atoms with van der Waals surface area (Å²) in [5.41, 5.74) is 2.33. The molecule has 3 aromatic rings. The molecule has 3 nitrogen and oxygen atoms in total. The summed E-state index contributed by atoms with van der Waals surface area (Å²) in [6.45, 7) is 0.391. The van der Waals surface area contributed by atoms with E-state index in [-0.39, 0.29) is 13.2 Å². The van der Waals surface area contributed by atoms with E-state index in [0.717, 1.165) is 16.7 Å². The maximum atomic E-state index is 11.9. The second kappa shape index (κ2) is 10.4. The van der Waals surface area contributed by atoms with E-state index in [0.29, 0.717) is 20.8 Å². The molecular formula is C23H17Cl3O3. The summed E-state index contributed by atoms with van der Waals surface area (Å²) in [4.78, 5) is 11.9. The van der Waals surface area contributed by atoms with Gasteiger partial charge in [0.15, 0.2) is 0 Å². The minimum absolute atomic E-state index is 0.125. The van der Waals surface area contributed by atoms with Gasteiger partial charge in [-0.05, 0) is 42.0 Å². The summed E-state index contributed by atoms with van der Waals surface area (Å²) in [6, 6.07) is 19.8. The fourth-order valence-corrected chi connectivity index (χ4v) is 3.17. The average Bonchev–Trinajstić information content (AvgIpc) is 2.72. The second-order valence-electron chi connectivity index (χ2n) is 6.09. The van der Waals surface area contributed by atoms with Crippen LogP contribution in [0, 0.1) is 0 Å². The van der Waals surface area contributed by atoms with E-state index >= 15 is 0 Å². The number of carbonyl (C=O) groups is 1. The molecule has 0 aliphatic rings. The van der Waals surface area contributed by atoms with Crippen molar-refractivity contribution in [3.8, 4) is 5.75 Å². The lowest BCUT2D eigenvalue weighted by atomic mass is 10.2. The number of carbonyl (C=O) groups excluding carboxylic acids is 1. The number of halogens is 3. The highest BCUT2D eigenvalue weighted by molar-refractivity contribution is 6.36. The molecule has 0 fully saturated rings. The first-order chi connectivity index (χ1) is 14.0. The van der Waals surface area contributed by atoms with Crippen LogP contribution in [0.3, 0.4) is 0 Å². The van der Waals surface area contributed by atoms with Gasteiger partial charge in [-0.2, -0.15) is 0 Å². The molecule has 0 spiro atoms. The van der Waals surface area contributed by atoms with Crippen molar-refractivity contribution in [3.63, 3.8) is 0 Å². The first kappa shape index (κ1) is 21.3. The van der Waals surface area contributed by atoms with Crippen LogP contribution in [0.5, 0.6) is 5.75 Å². The number of esters is 1. The van der Waals surface area contributed by atoms with Crippen molar-refractivity contribution in [2.45, 2.75) is 13.2 Å². The first-order valence-corrected chi connectivity index (χ1v) is 9.90. The van der Waals surface area contributed by atoms with Crippen molar-refractivity contribution >= 4 is 46.8 Å². The SMILES string of the molecule is O=C(/C=C/c1ccc(OCc2c(Cl)cccc2Cl)cc1)OCc1ccccc1Cl. The molecular weight excluding hydrogens is 431 g/mol. The Morgan fingerprint density at radius 3 is 2.14 bits per heavy atom. The summed E-state index contributed by atoms with van der Waals surface area (Å²) in [7, 11) is 0. The molecule has 0 heterocycles. The summed E-state index contributed by atoms with van der Waals surface area (Å²) in [6.07, 6.45) is 3.04. The largest absolute Gasteiger partial charge is 0.489 e. The molecule has 0 aromatic heterocycles. The van der Waals surface area contributed by atoms with Gasteiger partial charge in [0.05, 0.1) is 0 Å². The van der Waals surface area contributed by atoms with Crippen LogP contribution in [-0.4, -0.2) is 5.97 Å². The van der Waals surface area contributed by atoms with Crippen molar-refractivity contribution in [1.82, 2.24) is 0 Å². The highest BCUT2D eigenvalue weighted by Crippen LogP contribution is 2.26. The van der Waals surface area contributed by atoms with Crippen molar-refractivity contribution in [3.05, 3.63) is 105 Å². The van der Waals surface area contributed by atoms with Gasteiger partial charge in [0, 0.05) is 32.3 Å². The molecule has 0 N–H and O–H groups in total. The van der Waals surface area contributed by atoms with Crippen LogP contribution < -0.4 is 4.74 Å². The Labute approximate surface area is 184 Å². The fraction of sp³-hybridized carbons (Fsp3) is 0.0870. The van der Waals surface area contributed by atoms with Gasteiger partial charge in [0.2, 0.25) is 0 Å². The smallest absolute Gasteiger partial charge is 0.331 e. The molecule has 0 saturated carbocycles. The number of hydrogen-bond donors (Lipinski definition) is 0. The summed E-state index contributed by atoms with van der Waals surface area (Å²) in [5.74, 6) is 0.220. The molecule has 0 bridgehead atoms. The summed E-state index contributed by atoms with van der Waals surface area (Å²) in [5, 5.41) is 1.69. The standard InChI is InChI=1S/C23H17Cl3O3/c24-20-5-2-1-4-17(20)14-29-23(27)13-10-16-8-11-18(12-9-16)28-15-19-21(25)6-3-7-22(19)26/h1-13H,14-15H2/b13-10+. The zero-order valence-electron chi connectivity index (χ0n) is 15.3. The van der Waals surface area contributed by atoms with Crippen molar-refractivity contribution in [2.75, 3.05) is 0 Å². The van der Waals surface area contributed by atoms with E-state index < -0.39 is 5.97 Å². The molecule has 0 amide bonds. The topological polar surface area (TPSA) is 35.5 Å². The molecule has 0 aliphatic heterocycles. The lowest BCUT2D eigenvalue weighted by Gasteiger charge is -2.09. The van der Waals surface area contributed by atoms with Crippen molar-refractivity contribution in [2.24, 2.45) is 0 Å². The Bertz CT molecular complexity index is 994. The van der Waals surface area contributed by atoms with Gasteiger partial charge < -0.3 is 9.47 Å². The Balaban J connectivity index is 1.52. The molecule has 3 rings (SSSR count). The predicted octanol–water partition coefficient (Wildman–Crippen LogP) is 6.98. The van der Waals surface area contributed by atoms with E-state index in [2.05, 4.69) is 0 Å². The second-order valence-corrected chi connectivity index (χ2v) is 7.31. The number of benzene rings is 3. The third-order valence-electron chi connectivity index (χ3n) is 4.06.